The smallest absolute Gasteiger partial charge is 0.0645 e. The van der Waals surface area contributed by atoms with Crippen molar-refractivity contribution in [2.45, 2.75) is 0 Å². The van der Waals surface area contributed by atoms with Crippen molar-refractivity contribution in [3.63, 3.8) is 0 Å². The predicted molar refractivity (Wildman–Crippen MR) is 603 cm³/mol. The van der Waals surface area contributed by atoms with Crippen molar-refractivity contribution in [3.05, 3.63) is 498 Å². The van der Waals surface area contributed by atoms with Gasteiger partial charge in [0, 0.05) is 115 Å². The summed E-state index contributed by atoms with van der Waals surface area (Å²) in [6.07, 6.45) is 3.78. The Morgan fingerprint density at radius 2 is 0.408 bits per heavy atom. The van der Waals surface area contributed by atoms with E-state index in [2.05, 4.69) is 513 Å². The highest BCUT2D eigenvalue weighted by atomic mass is 15.0. The van der Waals surface area contributed by atoms with Crippen LogP contribution in [0.15, 0.2) is 498 Å². The number of pyridine rings is 1. The van der Waals surface area contributed by atoms with Crippen LogP contribution < -0.4 is 0 Å². The molecule has 24 aromatic carbocycles. The van der Waals surface area contributed by atoms with Crippen molar-refractivity contribution < 1.29 is 0 Å². The molecule has 7 aromatic heterocycles. The molecule has 0 atom stereocenters. The number of rotatable bonds is 9. The zero-order valence-electron chi connectivity index (χ0n) is 77.1. The zero-order valence-corrected chi connectivity index (χ0v) is 77.1. The van der Waals surface area contributed by atoms with E-state index < -0.39 is 0 Å². The average Bonchev–Trinajstić information content (AvgIpc) is 1.54. The van der Waals surface area contributed by atoms with Gasteiger partial charge < -0.3 is 28.7 Å². The number of benzene rings is 24. The summed E-state index contributed by atoms with van der Waals surface area (Å²) < 4.78 is 7.21. The molecule has 3 N–H and O–H groups in total. The van der Waals surface area contributed by atoms with Crippen LogP contribution in [-0.2, 0) is 0 Å². The van der Waals surface area contributed by atoms with Crippen molar-refractivity contribution in [1.29, 1.82) is 0 Å². The van der Waals surface area contributed by atoms with Gasteiger partial charge in [-0.05, 0) is 263 Å². The van der Waals surface area contributed by atoms with Crippen LogP contribution >= 0.6 is 0 Å². The average molecular weight is 1810 g/mol. The van der Waals surface area contributed by atoms with Crippen LogP contribution in [0.5, 0.6) is 0 Å². The summed E-state index contributed by atoms with van der Waals surface area (Å²) >= 11 is 0. The highest BCUT2D eigenvalue weighted by Gasteiger charge is 2.26. The molecule has 0 saturated carbocycles. The van der Waals surface area contributed by atoms with Gasteiger partial charge in [-0.1, -0.05) is 364 Å². The van der Waals surface area contributed by atoms with Gasteiger partial charge in [-0.25, -0.2) is 0 Å². The number of aromatic amines is 3. The van der Waals surface area contributed by atoms with Gasteiger partial charge >= 0.3 is 0 Å². The van der Waals surface area contributed by atoms with Crippen molar-refractivity contribution in [3.8, 4) is 83.8 Å². The first-order chi connectivity index (χ1) is 70.5. The normalized spacial score (nSPS) is 11.9. The summed E-state index contributed by atoms with van der Waals surface area (Å²) in [5.41, 5.74) is 32.3. The van der Waals surface area contributed by atoms with E-state index in [9.17, 15) is 0 Å². The number of hydrogen-bond donors (Lipinski definition) is 3. The Labute approximate surface area is 815 Å². The molecular formula is C135H85N7. The maximum Gasteiger partial charge on any atom is 0.0645 e. The predicted octanol–water partition coefficient (Wildman–Crippen LogP) is 36.7. The summed E-state index contributed by atoms with van der Waals surface area (Å²) in [4.78, 5) is 15.6. The lowest BCUT2D eigenvalue weighted by Crippen LogP contribution is -1.95. The monoisotopic (exact) mass is 1800 g/mol. The first kappa shape index (κ1) is 80.3. The first-order valence-corrected chi connectivity index (χ1v) is 48.9. The molecule has 7 heteroatoms. The van der Waals surface area contributed by atoms with Crippen molar-refractivity contribution in [2.75, 3.05) is 0 Å². The molecule has 142 heavy (non-hydrogen) atoms. The molecule has 0 spiro atoms. The lowest BCUT2D eigenvalue weighted by atomic mass is 9.90. The quantitative estimate of drug-likeness (QED) is 0.132. The van der Waals surface area contributed by atoms with Gasteiger partial charge in [-0.15, -0.1) is 0 Å². The fraction of sp³-hybridized carbons (Fsp3) is 0. The van der Waals surface area contributed by atoms with Crippen LogP contribution in [0, 0.1) is 0 Å². The van der Waals surface area contributed by atoms with Crippen molar-refractivity contribution in [1.82, 2.24) is 33.6 Å². The van der Waals surface area contributed by atoms with Crippen LogP contribution in [0.2, 0.25) is 0 Å². The van der Waals surface area contributed by atoms with Crippen molar-refractivity contribution in [2.24, 2.45) is 0 Å². The Balaban J connectivity index is 0.000000102. The lowest BCUT2D eigenvalue weighted by molar-refractivity contribution is 1.14. The second-order valence-corrected chi connectivity index (χ2v) is 37.7. The third-order valence-corrected chi connectivity index (χ3v) is 30.0. The third kappa shape index (κ3) is 12.7. The van der Waals surface area contributed by atoms with Gasteiger partial charge in [-0.2, -0.15) is 0 Å². The molecule has 0 aliphatic heterocycles. The molecule has 0 aliphatic rings. The molecule has 0 unspecified atom stereocenters. The van der Waals surface area contributed by atoms with Crippen LogP contribution in [0.3, 0.4) is 0 Å². The van der Waals surface area contributed by atoms with Crippen LogP contribution in [0.1, 0.15) is 0 Å². The minimum absolute atomic E-state index is 1.06. The van der Waals surface area contributed by atoms with E-state index in [1.165, 1.54) is 273 Å². The molecule has 0 fully saturated rings. The minimum Gasteiger partial charge on any atom is -0.354 e. The van der Waals surface area contributed by atoms with Gasteiger partial charge in [0.15, 0.2) is 0 Å². The van der Waals surface area contributed by atoms with Gasteiger partial charge in [-0.3, -0.25) is 4.98 Å². The summed E-state index contributed by atoms with van der Waals surface area (Å²) in [5, 5.41) is 33.0. The number of fused-ring (bicyclic) bond motifs is 31. The summed E-state index contributed by atoms with van der Waals surface area (Å²) in [5.74, 6) is 0. The Hall–Kier alpha value is -19.0. The van der Waals surface area contributed by atoms with Gasteiger partial charge in [0.05, 0.1) is 45.0 Å². The second kappa shape index (κ2) is 32.4. The number of nitrogens with one attached hydrogen (secondary N) is 3. The minimum atomic E-state index is 1.06. The molecule has 660 valence electrons. The fourth-order valence-electron chi connectivity index (χ4n) is 23.8. The fourth-order valence-corrected chi connectivity index (χ4v) is 23.8. The van der Waals surface area contributed by atoms with Crippen molar-refractivity contribution >= 4 is 206 Å². The highest BCUT2D eigenvalue weighted by Crippen LogP contribution is 2.51. The van der Waals surface area contributed by atoms with E-state index in [4.69, 9.17) is 0 Å². The molecule has 0 amide bonds. The summed E-state index contributed by atoms with van der Waals surface area (Å²) in [6.45, 7) is 0. The molecule has 0 aliphatic carbocycles. The number of aromatic nitrogens is 7. The highest BCUT2D eigenvalue weighted by molar-refractivity contribution is 6.32. The van der Waals surface area contributed by atoms with Crippen LogP contribution in [0.4, 0.5) is 0 Å². The Kier molecular flexibility index (Phi) is 18.3. The zero-order chi connectivity index (χ0) is 93.1. The van der Waals surface area contributed by atoms with E-state index in [0.29, 0.717) is 0 Å². The molecule has 0 saturated heterocycles. The lowest BCUT2D eigenvalue weighted by Gasteiger charge is -2.15. The largest absolute Gasteiger partial charge is 0.354 e. The van der Waals surface area contributed by atoms with E-state index in [-0.39, 0.29) is 0 Å². The first-order valence-electron chi connectivity index (χ1n) is 48.9. The van der Waals surface area contributed by atoms with E-state index in [1.54, 1.807) is 0 Å². The summed E-state index contributed by atoms with van der Waals surface area (Å²) in [6, 6.07) is 177. The molecule has 0 radical (unpaired) electrons. The molecule has 31 aromatic rings. The molecular weight excluding hydrogens is 1720 g/mol. The number of para-hydroxylation sites is 7. The summed E-state index contributed by atoms with van der Waals surface area (Å²) in [7, 11) is 0. The standard InChI is InChI=1S/C48H30N2.C44H28N2.C43H27N3/c1-2-12-34(13-3-1)50-45-21-11-9-19-40(45)48-38-17-7-5-15-36(38)42(29-46(48)50)33-25-23-30-26-32(24-22-31(30)27-33)41-28-44-47(37-16-6-4-14-35(37)41)39-18-8-10-20-43(39)49-44;1-2-12-28(13-3-1)29-22-24-30(25-23-29)46-41-21-11-9-19-36(41)44-34-17-7-5-15-32(34)38(27-42(44)46)37-26-40-43(33-16-6-4-14-31(33)37)35-18-8-10-20-39(35)45-40;1-3-13-32-30(11-1)36(24-39-42(32)34-15-5-7-17-38(34)45-39)27-19-21-28(22-20-27)37-25-41-43(33-14-4-2-12-31(33)37)35-16-6-8-18-40(35)46(41)29-10-9-23-44-26-29/h1-29,49H;1-27,45H;1-26,45H. The molecule has 31 rings (SSSR count). The Bertz CT molecular complexity index is 10600. The maximum absolute atomic E-state index is 4.47. The maximum atomic E-state index is 4.47. The van der Waals surface area contributed by atoms with Crippen LogP contribution in [0.25, 0.3) is 290 Å². The van der Waals surface area contributed by atoms with Gasteiger partial charge in [0.25, 0.3) is 0 Å². The van der Waals surface area contributed by atoms with Gasteiger partial charge in [0.1, 0.15) is 0 Å². The Morgan fingerprint density at radius 3 is 0.803 bits per heavy atom. The van der Waals surface area contributed by atoms with Gasteiger partial charge in [0.2, 0.25) is 0 Å². The number of hydrogen-bond acceptors (Lipinski definition) is 1. The molecule has 7 heterocycles. The third-order valence-electron chi connectivity index (χ3n) is 30.0. The van der Waals surface area contributed by atoms with E-state index >= 15 is 0 Å². The second-order valence-electron chi connectivity index (χ2n) is 37.7. The van der Waals surface area contributed by atoms with E-state index in [1.807, 2.05) is 18.5 Å². The SMILES string of the molecule is c1ccc(-c2ccc(-n3c4ccccc4c4c5ccccc5c(-c5cc6[nH]c7ccccc7c6c6ccccc56)cc43)cc2)cc1.c1ccc(-n2c3ccccc3c3c4ccccc4c(-c4ccc5cc(-c6cc7[nH]c8ccccc8c7c7ccccc67)ccc5c4)cc32)cc1.c1cncc(-n2c3ccccc3c3c4ccccc4c(-c4ccc(-c5cc6[nH]c7ccccc7c6c6ccccc56)cc4)cc32)c1. The number of nitrogens with zero attached hydrogens (tertiary/aromatic N) is 4. The van der Waals surface area contributed by atoms with E-state index in [0.717, 1.165) is 16.9 Å². The Morgan fingerprint density at radius 1 is 0.148 bits per heavy atom. The topological polar surface area (TPSA) is 75.0 Å². The van der Waals surface area contributed by atoms with Crippen LogP contribution in [-0.4, -0.2) is 33.6 Å². The number of H-pyrrole nitrogens is 3. The molecule has 7 nitrogen and oxygen atoms in total. The molecule has 0 bridgehead atoms.